The molecule has 0 aromatic heterocycles. The van der Waals surface area contributed by atoms with E-state index in [1.165, 1.54) is 29.7 Å². The molecule has 2 rings (SSSR count). The van der Waals surface area contributed by atoms with Crippen molar-refractivity contribution >= 4 is 0 Å². The standard InChI is InChI=1S/C17H28N2/c1-12(2)11-19-9-5-6-16(18)17(19)15-10-13(3)7-8-14(15)4/h7-8,10,12,16-17H,5-6,9,11,18H2,1-4H3. The molecule has 1 aliphatic rings. The van der Waals surface area contributed by atoms with Crippen LogP contribution in [0.5, 0.6) is 0 Å². The van der Waals surface area contributed by atoms with Crippen molar-refractivity contribution in [3.63, 3.8) is 0 Å². The summed E-state index contributed by atoms with van der Waals surface area (Å²) >= 11 is 0. The Labute approximate surface area is 118 Å². The highest BCUT2D eigenvalue weighted by atomic mass is 15.2. The van der Waals surface area contributed by atoms with Crippen LogP contribution >= 0.6 is 0 Å². The van der Waals surface area contributed by atoms with Crippen LogP contribution in [-0.2, 0) is 0 Å². The van der Waals surface area contributed by atoms with Gasteiger partial charge in [-0.15, -0.1) is 0 Å². The number of nitrogens with zero attached hydrogens (tertiary/aromatic N) is 1. The van der Waals surface area contributed by atoms with Gasteiger partial charge in [-0.2, -0.15) is 0 Å². The van der Waals surface area contributed by atoms with E-state index in [4.69, 9.17) is 5.73 Å². The molecule has 0 radical (unpaired) electrons. The van der Waals surface area contributed by atoms with Crippen molar-refractivity contribution in [2.24, 2.45) is 11.7 Å². The number of piperidine rings is 1. The van der Waals surface area contributed by atoms with Gasteiger partial charge in [0.05, 0.1) is 6.04 Å². The summed E-state index contributed by atoms with van der Waals surface area (Å²) in [4.78, 5) is 2.60. The number of nitrogens with two attached hydrogens (primary N) is 1. The second-order valence-electron chi connectivity index (χ2n) is 6.50. The van der Waals surface area contributed by atoms with Crippen LogP contribution < -0.4 is 5.73 Å². The Morgan fingerprint density at radius 2 is 2.05 bits per heavy atom. The molecular weight excluding hydrogens is 232 g/mol. The van der Waals surface area contributed by atoms with Gasteiger partial charge in [-0.3, -0.25) is 4.90 Å². The summed E-state index contributed by atoms with van der Waals surface area (Å²) in [6.07, 6.45) is 2.38. The molecule has 0 saturated carbocycles. The first-order chi connectivity index (χ1) is 8.99. The molecule has 1 heterocycles. The minimum absolute atomic E-state index is 0.271. The van der Waals surface area contributed by atoms with E-state index in [1.807, 2.05) is 0 Å². The Hall–Kier alpha value is -0.860. The fourth-order valence-electron chi connectivity index (χ4n) is 3.28. The molecule has 0 bridgehead atoms. The Morgan fingerprint density at radius 1 is 1.32 bits per heavy atom. The highest BCUT2D eigenvalue weighted by Crippen LogP contribution is 2.33. The summed E-state index contributed by atoms with van der Waals surface area (Å²) in [7, 11) is 0. The smallest absolute Gasteiger partial charge is 0.0501 e. The molecule has 2 heteroatoms. The molecule has 1 fully saturated rings. The van der Waals surface area contributed by atoms with E-state index in [0.29, 0.717) is 12.0 Å². The Morgan fingerprint density at radius 3 is 2.74 bits per heavy atom. The Bertz CT molecular complexity index is 425. The first-order valence-electron chi connectivity index (χ1n) is 7.56. The summed E-state index contributed by atoms with van der Waals surface area (Å²) < 4.78 is 0. The molecule has 1 aromatic rings. The number of hydrogen-bond acceptors (Lipinski definition) is 2. The number of benzene rings is 1. The molecule has 2 nitrogen and oxygen atoms in total. The fraction of sp³-hybridized carbons (Fsp3) is 0.647. The fourth-order valence-corrected chi connectivity index (χ4v) is 3.28. The maximum Gasteiger partial charge on any atom is 0.0501 e. The van der Waals surface area contributed by atoms with Crippen LogP contribution in [0.1, 0.15) is 49.4 Å². The highest BCUT2D eigenvalue weighted by molar-refractivity contribution is 5.34. The molecule has 1 saturated heterocycles. The normalized spacial score (nSPS) is 24.9. The maximum absolute atomic E-state index is 6.45. The molecule has 0 aliphatic carbocycles. The van der Waals surface area contributed by atoms with Crippen molar-refractivity contribution in [1.82, 2.24) is 4.90 Å². The number of aryl methyl sites for hydroxylation is 2. The van der Waals surface area contributed by atoms with Gasteiger partial charge in [0.15, 0.2) is 0 Å². The van der Waals surface area contributed by atoms with E-state index in [1.54, 1.807) is 0 Å². The lowest BCUT2D eigenvalue weighted by Gasteiger charge is -2.41. The minimum atomic E-state index is 0.271. The molecule has 2 atom stereocenters. The molecule has 0 spiro atoms. The lowest BCUT2D eigenvalue weighted by atomic mass is 9.87. The van der Waals surface area contributed by atoms with Gasteiger partial charge in [-0.05, 0) is 50.3 Å². The topological polar surface area (TPSA) is 29.3 Å². The third kappa shape index (κ3) is 3.37. The number of rotatable bonds is 3. The van der Waals surface area contributed by atoms with Crippen LogP contribution in [0.3, 0.4) is 0 Å². The molecule has 2 N–H and O–H groups in total. The van der Waals surface area contributed by atoms with Crippen molar-refractivity contribution in [3.05, 3.63) is 34.9 Å². The SMILES string of the molecule is Cc1ccc(C)c(C2C(N)CCCN2CC(C)C)c1. The van der Waals surface area contributed by atoms with Crippen molar-refractivity contribution in [3.8, 4) is 0 Å². The third-order valence-electron chi connectivity index (χ3n) is 4.13. The van der Waals surface area contributed by atoms with Crippen LogP contribution in [0.15, 0.2) is 18.2 Å². The van der Waals surface area contributed by atoms with E-state index in [9.17, 15) is 0 Å². The zero-order valence-electron chi connectivity index (χ0n) is 12.8. The zero-order chi connectivity index (χ0) is 14.0. The Kier molecular flexibility index (Phi) is 4.64. The number of hydrogen-bond donors (Lipinski definition) is 1. The van der Waals surface area contributed by atoms with Crippen molar-refractivity contribution in [2.75, 3.05) is 13.1 Å². The van der Waals surface area contributed by atoms with Gasteiger partial charge in [0.1, 0.15) is 0 Å². The molecule has 1 aromatic carbocycles. The maximum atomic E-state index is 6.45. The molecule has 1 aliphatic heterocycles. The monoisotopic (exact) mass is 260 g/mol. The second-order valence-corrected chi connectivity index (χ2v) is 6.50. The summed E-state index contributed by atoms with van der Waals surface area (Å²) in [5.41, 5.74) is 10.6. The molecule has 106 valence electrons. The van der Waals surface area contributed by atoms with E-state index in [-0.39, 0.29) is 6.04 Å². The molecule has 0 amide bonds. The van der Waals surface area contributed by atoms with E-state index >= 15 is 0 Å². The first-order valence-corrected chi connectivity index (χ1v) is 7.56. The largest absolute Gasteiger partial charge is 0.326 e. The minimum Gasteiger partial charge on any atom is -0.326 e. The summed E-state index contributed by atoms with van der Waals surface area (Å²) in [5, 5.41) is 0. The average molecular weight is 260 g/mol. The first kappa shape index (κ1) is 14.5. The van der Waals surface area contributed by atoms with Gasteiger partial charge >= 0.3 is 0 Å². The van der Waals surface area contributed by atoms with Gasteiger partial charge < -0.3 is 5.73 Å². The predicted molar refractivity (Wildman–Crippen MR) is 82.3 cm³/mol. The Balaban J connectivity index is 2.33. The summed E-state index contributed by atoms with van der Waals surface area (Å²) in [5.74, 6) is 0.693. The average Bonchev–Trinajstić information content (AvgIpc) is 2.32. The third-order valence-corrected chi connectivity index (χ3v) is 4.13. The molecular formula is C17H28N2. The van der Waals surface area contributed by atoms with Crippen LogP contribution in [0.25, 0.3) is 0 Å². The van der Waals surface area contributed by atoms with Crippen LogP contribution in [-0.4, -0.2) is 24.0 Å². The van der Waals surface area contributed by atoms with E-state index < -0.39 is 0 Å². The summed E-state index contributed by atoms with van der Waals surface area (Å²) in [6, 6.07) is 7.43. The molecule has 2 unspecified atom stereocenters. The van der Waals surface area contributed by atoms with E-state index in [0.717, 1.165) is 13.0 Å². The van der Waals surface area contributed by atoms with Gasteiger partial charge in [0, 0.05) is 12.6 Å². The second kappa shape index (κ2) is 6.06. The van der Waals surface area contributed by atoms with Crippen molar-refractivity contribution in [1.29, 1.82) is 0 Å². The van der Waals surface area contributed by atoms with Crippen LogP contribution in [0, 0.1) is 19.8 Å². The van der Waals surface area contributed by atoms with Gasteiger partial charge in [-0.25, -0.2) is 0 Å². The predicted octanol–water partition coefficient (Wildman–Crippen LogP) is 3.42. The summed E-state index contributed by atoms with van der Waals surface area (Å²) in [6.45, 7) is 11.3. The molecule has 19 heavy (non-hydrogen) atoms. The van der Waals surface area contributed by atoms with Crippen LogP contribution in [0.2, 0.25) is 0 Å². The lowest BCUT2D eigenvalue weighted by Crippen LogP contribution is -2.47. The van der Waals surface area contributed by atoms with E-state index in [2.05, 4.69) is 50.8 Å². The van der Waals surface area contributed by atoms with Gasteiger partial charge in [-0.1, -0.05) is 37.6 Å². The number of likely N-dealkylation sites (tertiary alicyclic amines) is 1. The van der Waals surface area contributed by atoms with Crippen molar-refractivity contribution in [2.45, 2.75) is 52.6 Å². The quantitative estimate of drug-likeness (QED) is 0.902. The highest BCUT2D eigenvalue weighted by Gasteiger charge is 2.31. The van der Waals surface area contributed by atoms with Crippen molar-refractivity contribution < 1.29 is 0 Å². The zero-order valence-corrected chi connectivity index (χ0v) is 12.8. The lowest BCUT2D eigenvalue weighted by molar-refractivity contribution is 0.113. The van der Waals surface area contributed by atoms with Crippen LogP contribution in [0.4, 0.5) is 0 Å². The van der Waals surface area contributed by atoms with Gasteiger partial charge in [0.25, 0.3) is 0 Å². The van der Waals surface area contributed by atoms with Gasteiger partial charge in [0.2, 0.25) is 0 Å².